The highest BCUT2D eigenvalue weighted by Crippen LogP contribution is 2.19. The number of anilines is 1. The monoisotopic (exact) mass is 194 g/mol. The molecule has 1 aromatic rings. The van der Waals surface area contributed by atoms with Crippen LogP contribution in [0.1, 0.15) is 20.3 Å². The zero-order valence-corrected chi connectivity index (χ0v) is 9.14. The summed E-state index contributed by atoms with van der Waals surface area (Å²) < 4.78 is 0. The van der Waals surface area contributed by atoms with Gasteiger partial charge in [-0.15, -0.1) is 0 Å². The first-order valence-electron chi connectivity index (χ1n) is 5.35. The van der Waals surface area contributed by atoms with Crippen LogP contribution in [0.2, 0.25) is 0 Å². The highest BCUT2D eigenvalue weighted by Gasteiger charge is 2.04. The molecular formula is C12H22N2. The molecule has 1 aliphatic rings. The van der Waals surface area contributed by atoms with Crippen LogP contribution >= 0.6 is 0 Å². The molecule has 0 spiro atoms. The normalized spacial score (nSPS) is 13.3. The van der Waals surface area contributed by atoms with Crippen molar-refractivity contribution in [2.75, 3.05) is 25.5 Å². The molecule has 1 aromatic carbocycles. The molecule has 0 atom stereocenters. The molecule has 0 radical (unpaired) electrons. The minimum Gasteiger partial charge on any atom is -0.385 e. The quantitative estimate of drug-likeness (QED) is 0.718. The van der Waals surface area contributed by atoms with E-state index in [1.165, 1.54) is 24.1 Å². The number of rotatable bonds is 1. The second kappa shape index (κ2) is 6.44. The first-order chi connectivity index (χ1) is 6.88. The SMILES string of the molecule is CCNC.[HH].c1ccc2c(c1)CCCN2. The van der Waals surface area contributed by atoms with Gasteiger partial charge in [0.15, 0.2) is 0 Å². The molecule has 0 saturated heterocycles. The number of hydrogen-bond donors (Lipinski definition) is 2. The lowest BCUT2D eigenvalue weighted by molar-refractivity contribution is 0.830. The smallest absolute Gasteiger partial charge is 0.0372 e. The van der Waals surface area contributed by atoms with E-state index in [1.807, 2.05) is 7.05 Å². The minimum atomic E-state index is 0. The Morgan fingerprint density at radius 1 is 1.43 bits per heavy atom. The van der Waals surface area contributed by atoms with E-state index < -0.39 is 0 Å². The van der Waals surface area contributed by atoms with Crippen LogP contribution < -0.4 is 10.6 Å². The topological polar surface area (TPSA) is 24.1 Å². The van der Waals surface area contributed by atoms with Crippen LogP contribution in [0.25, 0.3) is 0 Å². The van der Waals surface area contributed by atoms with Gasteiger partial charge in [-0.1, -0.05) is 25.1 Å². The van der Waals surface area contributed by atoms with Crippen molar-refractivity contribution in [2.45, 2.75) is 19.8 Å². The van der Waals surface area contributed by atoms with Gasteiger partial charge in [-0.2, -0.15) is 0 Å². The van der Waals surface area contributed by atoms with Gasteiger partial charge in [0.1, 0.15) is 0 Å². The maximum absolute atomic E-state index is 3.36. The molecule has 14 heavy (non-hydrogen) atoms. The molecule has 0 unspecified atom stereocenters. The van der Waals surface area contributed by atoms with Gasteiger partial charge in [-0.05, 0) is 38.1 Å². The molecule has 2 rings (SSSR count). The molecule has 0 amide bonds. The lowest BCUT2D eigenvalue weighted by Crippen LogP contribution is -2.10. The summed E-state index contributed by atoms with van der Waals surface area (Å²) in [5.74, 6) is 0. The largest absolute Gasteiger partial charge is 0.385 e. The van der Waals surface area contributed by atoms with Gasteiger partial charge in [0.2, 0.25) is 0 Å². The number of benzene rings is 1. The van der Waals surface area contributed by atoms with E-state index >= 15 is 0 Å². The number of fused-ring (bicyclic) bond motifs is 1. The summed E-state index contributed by atoms with van der Waals surface area (Å²) in [4.78, 5) is 0. The van der Waals surface area contributed by atoms with Crippen molar-refractivity contribution in [3.63, 3.8) is 0 Å². The Balaban J connectivity index is 0.000000346. The van der Waals surface area contributed by atoms with Crippen LogP contribution in [0.5, 0.6) is 0 Å². The average Bonchev–Trinajstić information content (AvgIpc) is 2.30. The van der Waals surface area contributed by atoms with Gasteiger partial charge in [-0.25, -0.2) is 0 Å². The van der Waals surface area contributed by atoms with Gasteiger partial charge in [0, 0.05) is 13.7 Å². The van der Waals surface area contributed by atoms with Gasteiger partial charge < -0.3 is 10.6 Å². The number of nitrogens with one attached hydrogen (secondary N) is 2. The summed E-state index contributed by atoms with van der Waals surface area (Å²) in [5.41, 5.74) is 2.79. The van der Waals surface area contributed by atoms with Crippen LogP contribution in [0.15, 0.2) is 24.3 Å². The number of para-hydroxylation sites is 1. The van der Waals surface area contributed by atoms with Gasteiger partial charge in [0.05, 0.1) is 0 Å². The molecule has 1 aliphatic heterocycles. The maximum atomic E-state index is 3.36. The van der Waals surface area contributed by atoms with Crippen molar-refractivity contribution in [1.82, 2.24) is 5.32 Å². The van der Waals surface area contributed by atoms with Crippen LogP contribution in [0, 0.1) is 0 Å². The second-order valence-electron chi connectivity index (χ2n) is 3.39. The molecule has 0 fully saturated rings. The lowest BCUT2D eigenvalue weighted by atomic mass is 10.0. The fraction of sp³-hybridized carbons (Fsp3) is 0.500. The van der Waals surface area contributed by atoms with E-state index in [0.717, 1.165) is 13.1 Å². The lowest BCUT2D eigenvalue weighted by Gasteiger charge is -2.16. The van der Waals surface area contributed by atoms with E-state index in [-0.39, 0.29) is 1.43 Å². The molecule has 2 N–H and O–H groups in total. The molecule has 0 bridgehead atoms. The van der Waals surface area contributed by atoms with Crippen LogP contribution in [-0.4, -0.2) is 20.1 Å². The summed E-state index contributed by atoms with van der Waals surface area (Å²) in [6, 6.07) is 8.53. The van der Waals surface area contributed by atoms with Crippen molar-refractivity contribution in [3.8, 4) is 0 Å². The Bertz CT molecular complexity index is 237. The molecule has 0 aliphatic carbocycles. The van der Waals surface area contributed by atoms with E-state index in [0.29, 0.717) is 0 Å². The molecule has 2 nitrogen and oxygen atoms in total. The molecular weight excluding hydrogens is 172 g/mol. The van der Waals surface area contributed by atoms with Crippen molar-refractivity contribution in [2.24, 2.45) is 0 Å². The van der Waals surface area contributed by atoms with Crippen molar-refractivity contribution >= 4 is 5.69 Å². The highest BCUT2D eigenvalue weighted by molar-refractivity contribution is 5.52. The number of aryl methyl sites for hydroxylation is 1. The third kappa shape index (κ3) is 3.38. The molecule has 2 heteroatoms. The first-order valence-corrected chi connectivity index (χ1v) is 5.35. The Morgan fingerprint density at radius 3 is 2.79 bits per heavy atom. The van der Waals surface area contributed by atoms with Crippen molar-refractivity contribution in [1.29, 1.82) is 0 Å². The fourth-order valence-electron chi connectivity index (χ4n) is 1.41. The fourth-order valence-corrected chi connectivity index (χ4v) is 1.41. The van der Waals surface area contributed by atoms with E-state index in [9.17, 15) is 0 Å². The summed E-state index contributed by atoms with van der Waals surface area (Å²) in [6.07, 6.45) is 2.51. The summed E-state index contributed by atoms with van der Waals surface area (Å²) >= 11 is 0. The molecule has 0 aromatic heterocycles. The first kappa shape index (κ1) is 11.1. The van der Waals surface area contributed by atoms with Crippen molar-refractivity contribution in [3.05, 3.63) is 29.8 Å². The van der Waals surface area contributed by atoms with Crippen LogP contribution in [0.4, 0.5) is 5.69 Å². The third-order valence-corrected chi connectivity index (χ3v) is 2.31. The summed E-state index contributed by atoms with van der Waals surface area (Å²) in [6.45, 7) is 4.27. The predicted molar refractivity (Wildman–Crippen MR) is 65.0 cm³/mol. The van der Waals surface area contributed by atoms with E-state index in [1.54, 1.807) is 0 Å². The Morgan fingerprint density at radius 2 is 2.14 bits per heavy atom. The summed E-state index contributed by atoms with van der Waals surface area (Å²) in [5, 5.41) is 6.29. The Kier molecular flexibility index (Phi) is 5.08. The molecule has 1 heterocycles. The molecule has 80 valence electrons. The maximum Gasteiger partial charge on any atom is 0.0372 e. The number of hydrogen-bond acceptors (Lipinski definition) is 2. The van der Waals surface area contributed by atoms with Crippen LogP contribution in [0.3, 0.4) is 0 Å². The van der Waals surface area contributed by atoms with Gasteiger partial charge in [0.25, 0.3) is 0 Å². The molecule has 0 saturated carbocycles. The predicted octanol–water partition coefficient (Wildman–Crippen LogP) is 2.52. The Hall–Kier alpha value is -1.02. The van der Waals surface area contributed by atoms with Crippen LogP contribution in [-0.2, 0) is 6.42 Å². The second-order valence-corrected chi connectivity index (χ2v) is 3.39. The van der Waals surface area contributed by atoms with Gasteiger partial charge in [-0.3, -0.25) is 0 Å². The zero-order valence-electron chi connectivity index (χ0n) is 9.14. The summed E-state index contributed by atoms with van der Waals surface area (Å²) in [7, 11) is 1.93. The van der Waals surface area contributed by atoms with Crippen molar-refractivity contribution < 1.29 is 1.43 Å². The van der Waals surface area contributed by atoms with E-state index in [2.05, 4.69) is 41.8 Å². The third-order valence-electron chi connectivity index (χ3n) is 2.31. The Labute approximate surface area is 88.2 Å². The van der Waals surface area contributed by atoms with E-state index in [4.69, 9.17) is 0 Å². The highest BCUT2D eigenvalue weighted by atomic mass is 14.9. The average molecular weight is 194 g/mol. The minimum absolute atomic E-state index is 0. The standard InChI is InChI=1S/C9H11N.C3H9N.H2/c1-2-6-9-8(4-1)5-3-7-10-9;1-3-4-2;/h1-2,4,6,10H,3,5,7H2;4H,3H2,1-2H3;1H. The van der Waals surface area contributed by atoms with Gasteiger partial charge >= 0.3 is 0 Å². The zero-order chi connectivity index (χ0) is 10.2.